The van der Waals surface area contributed by atoms with Gasteiger partial charge in [0.2, 0.25) is 0 Å². The highest BCUT2D eigenvalue weighted by atomic mass is 16.5. The normalized spacial score (nSPS) is 27.9. The minimum atomic E-state index is -0.0191. The van der Waals surface area contributed by atoms with E-state index in [1.165, 1.54) is 12.8 Å². The fourth-order valence-corrected chi connectivity index (χ4v) is 5.96. The van der Waals surface area contributed by atoms with E-state index in [0.717, 1.165) is 60.6 Å². The summed E-state index contributed by atoms with van der Waals surface area (Å²) >= 11 is 0. The monoisotopic (exact) mass is 447 g/mol. The lowest BCUT2D eigenvalue weighted by Gasteiger charge is -2.35. The predicted octanol–water partition coefficient (Wildman–Crippen LogP) is 3.42. The maximum absolute atomic E-state index is 9.79. The second kappa shape index (κ2) is 9.34. The van der Waals surface area contributed by atoms with Crippen LogP contribution < -0.4 is 15.8 Å². The number of ether oxygens (including phenoxy) is 1. The molecule has 8 nitrogen and oxygen atoms in total. The van der Waals surface area contributed by atoms with E-state index in [1.807, 2.05) is 25.4 Å². The highest BCUT2D eigenvalue weighted by Gasteiger charge is 2.42. The number of aromatic nitrogens is 3. The Kier molecular flexibility index (Phi) is 6.28. The first-order valence-electron chi connectivity index (χ1n) is 12.2. The Balaban J connectivity index is 1.31. The first-order chi connectivity index (χ1) is 16.0. The van der Waals surface area contributed by atoms with E-state index >= 15 is 0 Å². The van der Waals surface area contributed by atoms with E-state index in [4.69, 9.17) is 9.72 Å². The molecule has 1 aliphatic carbocycles. The van der Waals surface area contributed by atoms with Gasteiger partial charge in [0.15, 0.2) is 0 Å². The molecule has 0 spiro atoms. The van der Waals surface area contributed by atoms with Crippen LogP contribution in [-0.2, 0) is 4.74 Å². The lowest BCUT2D eigenvalue weighted by atomic mass is 9.78. The summed E-state index contributed by atoms with van der Waals surface area (Å²) in [6.45, 7) is 8.15. The highest BCUT2D eigenvalue weighted by molar-refractivity contribution is 5.55. The van der Waals surface area contributed by atoms with E-state index in [9.17, 15) is 5.26 Å². The fourth-order valence-electron chi connectivity index (χ4n) is 5.96. The second-order valence-corrected chi connectivity index (χ2v) is 9.72. The van der Waals surface area contributed by atoms with Gasteiger partial charge >= 0.3 is 0 Å². The maximum atomic E-state index is 9.79. The summed E-state index contributed by atoms with van der Waals surface area (Å²) in [5.74, 6) is 1.22. The standard InChI is InChI=1S/C25H33N7O/c1-15-13-28-29-16(2)23(15)17(3)33-20-6-7-22-21(11-20)24(31-30-22)19-10-18(12-26)25(27-14-19)32-8-4-5-9-32/h10,13-14,17,20-22,24,30-31H,4-9,11H2,1-3H3/t17-,20?,21?,22?,24?/m1/s1. The van der Waals surface area contributed by atoms with E-state index in [2.05, 4.69) is 45.9 Å². The van der Waals surface area contributed by atoms with Crippen molar-refractivity contribution in [1.82, 2.24) is 26.0 Å². The number of hydrogen-bond acceptors (Lipinski definition) is 8. The van der Waals surface area contributed by atoms with Gasteiger partial charge in [-0.1, -0.05) is 0 Å². The van der Waals surface area contributed by atoms with Crippen molar-refractivity contribution in [2.24, 2.45) is 5.92 Å². The van der Waals surface area contributed by atoms with Crippen LogP contribution in [0, 0.1) is 31.1 Å². The highest BCUT2D eigenvalue weighted by Crippen LogP contribution is 2.41. The summed E-state index contributed by atoms with van der Waals surface area (Å²) in [6.07, 6.45) is 9.32. The van der Waals surface area contributed by atoms with Crippen molar-refractivity contribution in [3.8, 4) is 6.07 Å². The Morgan fingerprint density at radius 2 is 2.00 bits per heavy atom. The number of pyridine rings is 1. The van der Waals surface area contributed by atoms with Gasteiger partial charge < -0.3 is 9.64 Å². The Labute approximate surface area is 195 Å². The second-order valence-electron chi connectivity index (χ2n) is 9.72. The third-order valence-corrected chi connectivity index (χ3v) is 7.55. The van der Waals surface area contributed by atoms with Gasteiger partial charge in [0.1, 0.15) is 11.9 Å². The molecular weight excluding hydrogens is 414 g/mol. The molecule has 2 saturated heterocycles. The third-order valence-electron chi connectivity index (χ3n) is 7.55. The summed E-state index contributed by atoms with van der Waals surface area (Å²) in [7, 11) is 0. The SMILES string of the molecule is Cc1cnnc(C)c1[C@@H](C)OC1CCC2NNC(c3cnc(N4CCCC4)c(C#N)c3)C2C1. The Bertz CT molecular complexity index is 1030. The Morgan fingerprint density at radius 1 is 1.18 bits per heavy atom. The summed E-state index contributed by atoms with van der Waals surface area (Å²) in [4.78, 5) is 6.96. The van der Waals surface area contributed by atoms with Crippen LogP contribution in [0.5, 0.6) is 0 Å². The number of rotatable bonds is 5. The van der Waals surface area contributed by atoms with Crippen molar-refractivity contribution in [1.29, 1.82) is 5.26 Å². The number of fused-ring (bicyclic) bond motifs is 1. The van der Waals surface area contributed by atoms with Crippen LogP contribution >= 0.6 is 0 Å². The molecule has 2 aliphatic heterocycles. The van der Waals surface area contributed by atoms with Crippen LogP contribution in [0.25, 0.3) is 0 Å². The molecule has 2 aromatic rings. The van der Waals surface area contributed by atoms with Gasteiger partial charge in [-0.25, -0.2) is 10.4 Å². The van der Waals surface area contributed by atoms with Crippen molar-refractivity contribution >= 4 is 5.82 Å². The average Bonchev–Trinajstić information content (AvgIpc) is 3.48. The predicted molar refractivity (Wildman–Crippen MR) is 125 cm³/mol. The summed E-state index contributed by atoms with van der Waals surface area (Å²) in [5, 5.41) is 18.1. The molecule has 5 rings (SSSR count). The topological polar surface area (TPSA) is 99.0 Å². The van der Waals surface area contributed by atoms with Crippen LogP contribution in [0.4, 0.5) is 5.82 Å². The van der Waals surface area contributed by atoms with Gasteiger partial charge in [-0.3, -0.25) is 5.43 Å². The quantitative estimate of drug-likeness (QED) is 0.719. The van der Waals surface area contributed by atoms with Crippen LogP contribution in [-0.4, -0.2) is 40.4 Å². The Hall–Kier alpha value is -2.60. The van der Waals surface area contributed by atoms with Crippen LogP contribution in [0.3, 0.4) is 0 Å². The van der Waals surface area contributed by atoms with E-state index < -0.39 is 0 Å². The largest absolute Gasteiger partial charge is 0.370 e. The molecule has 174 valence electrons. The zero-order valence-corrected chi connectivity index (χ0v) is 19.7. The van der Waals surface area contributed by atoms with Crippen LogP contribution in [0.15, 0.2) is 18.5 Å². The maximum Gasteiger partial charge on any atom is 0.146 e. The molecule has 0 amide bonds. The van der Waals surface area contributed by atoms with E-state index in [0.29, 0.717) is 17.5 Å². The molecule has 2 N–H and O–H groups in total. The summed E-state index contributed by atoms with van der Waals surface area (Å²) < 4.78 is 6.56. The number of aryl methyl sites for hydroxylation is 2. The number of nitrogens with zero attached hydrogens (tertiary/aromatic N) is 5. The minimum Gasteiger partial charge on any atom is -0.370 e. The van der Waals surface area contributed by atoms with E-state index in [1.54, 1.807) is 0 Å². The molecule has 4 heterocycles. The molecule has 1 saturated carbocycles. The van der Waals surface area contributed by atoms with Crippen molar-refractivity contribution in [3.05, 3.63) is 46.4 Å². The molecule has 8 heteroatoms. The number of anilines is 1. The van der Waals surface area contributed by atoms with Gasteiger partial charge in [0.25, 0.3) is 0 Å². The molecular formula is C25H33N7O. The van der Waals surface area contributed by atoms with Crippen LogP contribution in [0.2, 0.25) is 0 Å². The van der Waals surface area contributed by atoms with Crippen molar-refractivity contribution < 1.29 is 4.74 Å². The molecule has 4 unspecified atom stereocenters. The smallest absolute Gasteiger partial charge is 0.146 e. The minimum absolute atomic E-state index is 0.0191. The van der Waals surface area contributed by atoms with Crippen molar-refractivity contribution in [2.75, 3.05) is 18.0 Å². The Morgan fingerprint density at radius 3 is 2.76 bits per heavy atom. The summed E-state index contributed by atoms with van der Waals surface area (Å²) in [6, 6.07) is 4.94. The fraction of sp³-hybridized carbons (Fsp3) is 0.600. The van der Waals surface area contributed by atoms with Gasteiger partial charge in [-0.2, -0.15) is 15.5 Å². The number of nitriles is 1. The van der Waals surface area contributed by atoms with Gasteiger partial charge in [0, 0.05) is 30.9 Å². The average molecular weight is 448 g/mol. The van der Waals surface area contributed by atoms with Gasteiger partial charge in [-0.05, 0) is 76.0 Å². The van der Waals surface area contributed by atoms with Crippen molar-refractivity contribution in [2.45, 2.75) is 77.2 Å². The molecule has 0 bridgehead atoms. The molecule has 3 fully saturated rings. The molecule has 2 aromatic heterocycles. The molecule has 5 atom stereocenters. The van der Waals surface area contributed by atoms with Gasteiger partial charge in [-0.15, -0.1) is 0 Å². The zero-order chi connectivity index (χ0) is 22.9. The number of nitrogens with one attached hydrogen (secondary N) is 2. The first-order valence-corrected chi connectivity index (χ1v) is 12.2. The van der Waals surface area contributed by atoms with Gasteiger partial charge in [0.05, 0.1) is 35.7 Å². The lowest BCUT2D eigenvalue weighted by Crippen LogP contribution is -2.37. The molecule has 3 aliphatic rings. The molecule has 0 aromatic carbocycles. The number of hydrazine groups is 1. The zero-order valence-electron chi connectivity index (χ0n) is 19.7. The first kappa shape index (κ1) is 22.2. The number of hydrogen-bond donors (Lipinski definition) is 2. The third kappa shape index (κ3) is 4.33. The van der Waals surface area contributed by atoms with Crippen LogP contribution in [0.1, 0.15) is 79.1 Å². The lowest BCUT2D eigenvalue weighted by molar-refractivity contribution is -0.0377. The molecule has 33 heavy (non-hydrogen) atoms. The summed E-state index contributed by atoms with van der Waals surface area (Å²) in [5.41, 5.74) is 11.9. The molecule has 0 radical (unpaired) electrons. The van der Waals surface area contributed by atoms with Crippen molar-refractivity contribution in [3.63, 3.8) is 0 Å². The van der Waals surface area contributed by atoms with E-state index in [-0.39, 0.29) is 18.2 Å².